The fourth-order valence-electron chi connectivity index (χ4n) is 6.87. The topological polar surface area (TPSA) is 119 Å². The van der Waals surface area contributed by atoms with Crippen molar-refractivity contribution in [2.75, 3.05) is 61.9 Å². The molecule has 1 amide bonds. The monoisotopic (exact) mass is 631 g/mol. The van der Waals surface area contributed by atoms with E-state index in [0.29, 0.717) is 22.6 Å². The molecule has 2 N–H and O–H groups in total. The summed E-state index contributed by atoms with van der Waals surface area (Å²) in [6, 6.07) is 14.3. The number of aromatic hydroxyl groups is 1. The summed E-state index contributed by atoms with van der Waals surface area (Å²) in [5.74, 6) is -0.650. The van der Waals surface area contributed by atoms with Crippen molar-refractivity contribution in [3.8, 4) is 28.7 Å². The number of fused-ring (bicyclic) bond motifs is 3. The van der Waals surface area contributed by atoms with Crippen molar-refractivity contribution >= 4 is 11.9 Å². The lowest BCUT2D eigenvalue weighted by Crippen LogP contribution is -2.42. The van der Waals surface area contributed by atoms with Crippen LogP contribution in [-0.2, 0) is 16.1 Å². The molecule has 0 saturated carbocycles. The van der Waals surface area contributed by atoms with Gasteiger partial charge in [-0.3, -0.25) is 9.59 Å². The third kappa shape index (κ3) is 6.04. The minimum absolute atomic E-state index is 0.0763. The van der Waals surface area contributed by atoms with Crippen molar-refractivity contribution in [2.45, 2.75) is 24.9 Å². The van der Waals surface area contributed by atoms with E-state index in [1.807, 2.05) is 36.4 Å². The number of phenolic OH excluding ortho intramolecular Hbond substituents is 1. The Morgan fingerprint density at radius 2 is 1.59 bits per heavy atom. The predicted molar refractivity (Wildman–Crippen MR) is 170 cm³/mol. The highest BCUT2D eigenvalue weighted by Crippen LogP contribution is 2.55. The highest BCUT2D eigenvalue weighted by Gasteiger charge is 2.53. The van der Waals surface area contributed by atoms with Gasteiger partial charge >= 0.3 is 5.97 Å². The van der Waals surface area contributed by atoms with Crippen molar-refractivity contribution in [3.05, 3.63) is 76.3 Å². The van der Waals surface area contributed by atoms with Crippen LogP contribution in [0.2, 0.25) is 0 Å². The van der Waals surface area contributed by atoms with Crippen LogP contribution in [0.25, 0.3) is 0 Å². The lowest BCUT2D eigenvalue weighted by molar-refractivity contribution is -0.141. The van der Waals surface area contributed by atoms with Gasteiger partial charge in [0.15, 0.2) is 23.0 Å². The summed E-state index contributed by atoms with van der Waals surface area (Å²) >= 11 is 0. The summed E-state index contributed by atoms with van der Waals surface area (Å²) in [6.45, 7) is 3.02. The Kier molecular flexibility index (Phi) is 8.97. The van der Waals surface area contributed by atoms with E-state index < -0.39 is 17.9 Å². The molecule has 11 heteroatoms. The average Bonchev–Trinajstić information content (AvgIpc) is 3.66. The van der Waals surface area contributed by atoms with E-state index in [0.717, 1.165) is 42.7 Å². The molecule has 4 atom stereocenters. The largest absolute Gasteiger partial charge is 0.502 e. The maximum Gasteiger partial charge on any atom is 0.310 e. The van der Waals surface area contributed by atoms with Crippen LogP contribution in [0.3, 0.4) is 0 Å². The number of nitrogens with zero attached hydrogens (tertiary/aromatic N) is 2. The molecule has 1 fully saturated rings. The van der Waals surface area contributed by atoms with Crippen molar-refractivity contribution in [1.29, 1.82) is 0 Å². The quantitative estimate of drug-likeness (QED) is 0.302. The van der Waals surface area contributed by atoms with E-state index in [2.05, 4.69) is 36.3 Å². The van der Waals surface area contributed by atoms with E-state index in [-0.39, 0.29) is 48.4 Å². The van der Waals surface area contributed by atoms with Crippen LogP contribution in [0.5, 0.6) is 28.7 Å². The standard InChI is InChI=1S/C35H41N3O8/c1-37(2)11-6-12-38(3)17-20-7-9-21(10-8-20)34(40)36-32-24-16-27-26(45-19-46-27)15-23(24)30(31-25(32)18-44-35(31)41)22-13-28(42-4)33(39)29(14-22)43-5/h7-10,13-16,25,30-32,39H,6,11-12,17-19H2,1-5H3,(H,36,40)/t25-,30+,31-,32+/m0/s1. The van der Waals surface area contributed by atoms with Crippen LogP contribution in [-0.4, -0.2) is 88.6 Å². The number of ether oxygens (including phenoxy) is 5. The number of carbonyl (C=O) groups is 2. The molecule has 244 valence electrons. The first-order chi connectivity index (χ1) is 22.2. The molecule has 46 heavy (non-hydrogen) atoms. The average molecular weight is 632 g/mol. The first-order valence-electron chi connectivity index (χ1n) is 15.5. The number of phenols is 1. The molecular formula is C35H41N3O8. The van der Waals surface area contributed by atoms with E-state index in [4.69, 9.17) is 23.7 Å². The van der Waals surface area contributed by atoms with Crippen LogP contribution in [0.15, 0.2) is 48.5 Å². The smallest absolute Gasteiger partial charge is 0.310 e. The second kappa shape index (κ2) is 13.1. The summed E-state index contributed by atoms with van der Waals surface area (Å²) in [5.41, 5.74) is 3.95. The lowest BCUT2D eigenvalue weighted by Gasteiger charge is -2.39. The molecule has 0 radical (unpaired) electrons. The highest BCUT2D eigenvalue weighted by molar-refractivity contribution is 5.94. The summed E-state index contributed by atoms with van der Waals surface area (Å²) in [6.07, 6.45) is 1.08. The Morgan fingerprint density at radius 1 is 0.935 bits per heavy atom. The third-order valence-corrected chi connectivity index (χ3v) is 9.15. The zero-order valence-corrected chi connectivity index (χ0v) is 26.9. The molecule has 2 aliphatic heterocycles. The summed E-state index contributed by atoms with van der Waals surface area (Å²) in [5, 5.41) is 13.8. The second-order valence-electron chi connectivity index (χ2n) is 12.4. The SMILES string of the molecule is COc1cc([C@@H]2c3cc4c(cc3[C@@H](NC(=O)c3ccc(CN(C)CCCN(C)C)cc3)[C@H]3COC(=O)[C@H]23)OCO4)cc(OC)c1O. The molecule has 11 nitrogen and oxygen atoms in total. The first-order valence-corrected chi connectivity index (χ1v) is 15.5. The molecule has 1 aliphatic carbocycles. The van der Waals surface area contributed by atoms with Gasteiger partial charge in [-0.2, -0.15) is 0 Å². The number of hydrogen-bond donors (Lipinski definition) is 2. The molecule has 0 spiro atoms. The molecule has 0 bridgehead atoms. The van der Waals surface area contributed by atoms with Gasteiger partial charge in [-0.25, -0.2) is 0 Å². The maximum absolute atomic E-state index is 13.8. The fraction of sp³-hybridized carbons (Fsp3) is 0.429. The van der Waals surface area contributed by atoms with Crippen LogP contribution in [0, 0.1) is 11.8 Å². The van der Waals surface area contributed by atoms with Gasteiger partial charge in [-0.05, 0) is 99.3 Å². The van der Waals surface area contributed by atoms with Crippen molar-refractivity contribution in [3.63, 3.8) is 0 Å². The van der Waals surface area contributed by atoms with Gasteiger partial charge in [0.05, 0.1) is 32.8 Å². The van der Waals surface area contributed by atoms with Gasteiger partial charge in [0.1, 0.15) is 0 Å². The van der Waals surface area contributed by atoms with Crippen molar-refractivity contribution < 1.29 is 38.4 Å². The summed E-state index contributed by atoms with van der Waals surface area (Å²) in [7, 11) is 9.17. The molecule has 2 heterocycles. The van der Waals surface area contributed by atoms with Crippen LogP contribution >= 0.6 is 0 Å². The number of benzene rings is 3. The Hall–Kier alpha value is -4.48. The molecule has 1 saturated heterocycles. The van der Waals surface area contributed by atoms with Gasteiger partial charge in [-0.15, -0.1) is 0 Å². The van der Waals surface area contributed by atoms with Gasteiger partial charge in [-0.1, -0.05) is 12.1 Å². The maximum atomic E-state index is 13.8. The molecule has 3 aliphatic rings. The Labute approximate surface area is 268 Å². The van der Waals surface area contributed by atoms with E-state index >= 15 is 0 Å². The number of nitrogens with one attached hydrogen (secondary N) is 1. The first kappa shape index (κ1) is 31.5. The minimum atomic E-state index is -0.623. The molecule has 6 rings (SSSR count). The second-order valence-corrected chi connectivity index (χ2v) is 12.4. The summed E-state index contributed by atoms with van der Waals surface area (Å²) in [4.78, 5) is 31.6. The number of methoxy groups -OCH3 is 2. The van der Waals surface area contributed by atoms with E-state index in [1.165, 1.54) is 14.2 Å². The Bertz CT molecular complexity index is 1580. The van der Waals surface area contributed by atoms with E-state index in [1.54, 1.807) is 12.1 Å². The van der Waals surface area contributed by atoms with E-state index in [9.17, 15) is 14.7 Å². The van der Waals surface area contributed by atoms with Crippen LogP contribution in [0.4, 0.5) is 0 Å². The van der Waals surface area contributed by atoms with Gasteiger partial charge in [0, 0.05) is 23.9 Å². The lowest BCUT2D eigenvalue weighted by atomic mass is 9.65. The van der Waals surface area contributed by atoms with Gasteiger partial charge in [0.2, 0.25) is 12.5 Å². The number of hydrogen-bond acceptors (Lipinski definition) is 10. The number of amides is 1. The van der Waals surface area contributed by atoms with Crippen molar-refractivity contribution in [2.24, 2.45) is 11.8 Å². The van der Waals surface area contributed by atoms with Crippen molar-refractivity contribution in [1.82, 2.24) is 15.1 Å². The molecule has 3 aromatic carbocycles. The third-order valence-electron chi connectivity index (χ3n) is 9.15. The van der Waals surface area contributed by atoms with Gasteiger partial charge < -0.3 is 43.9 Å². The molecule has 3 aromatic rings. The zero-order valence-electron chi connectivity index (χ0n) is 26.9. The molecule has 0 unspecified atom stereocenters. The minimum Gasteiger partial charge on any atom is -0.502 e. The number of cyclic esters (lactones) is 1. The number of carbonyl (C=O) groups excluding carboxylic acids is 2. The summed E-state index contributed by atoms with van der Waals surface area (Å²) < 4.78 is 28.0. The fourth-order valence-corrected chi connectivity index (χ4v) is 6.87. The highest BCUT2D eigenvalue weighted by atomic mass is 16.7. The number of esters is 1. The Morgan fingerprint density at radius 3 is 2.22 bits per heavy atom. The molecular weight excluding hydrogens is 590 g/mol. The van der Waals surface area contributed by atoms with Crippen LogP contribution < -0.4 is 24.3 Å². The number of rotatable bonds is 11. The normalized spacial score (nSPS) is 21.2. The zero-order chi connectivity index (χ0) is 32.5. The molecule has 0 aromatic heterocycles. The van der Waals surface area contributed by atoms with Gasteiger partial charge in [0.25, 0.3) is 5.91 Å². The predicted octanol–water partition coefficient (Wildman–Crippen LogP) is 3.93. The van der Waals surface area contributed by atoms with Crippen LogP contribution in [0.1, 0.15) is 51.0 Å². The Balaban J connectivity index is 1.31.